The average Bonchev–Trinajstić information content (AvgIpc) is 3.21. The second-order valence-electron chi connectivity index (χ2n) is 6.46. The molecule has 0 saturated carbocycles. The van der Waals surface area contributed by atoms with Crippen molar-refractivity contribution in [3.8, 4) is 22.9 Å². The van der Waals surface area contributed by atoms with E-state index in [9.17, 15) is 9.18 Å². The maximum absolute atomic E-state index is 13.8. The van der Waals surface area contributed by atoms with Gasteiger partial charge in [-0.2, -0.15) is 4.98 Å². The smallest absolute Gasteiger partial charge is 0.227 e. The Bertz CT molecular complexity index is 972. The summed E-state index contributed by atoms with van der Waals surface area (Å²) in [7, 11) is 4.67. The summed E-state index contributed by atoms with van der Waals surface area (Å²) in [5.74, 6) is 1.19. The molecule has 29 heavy (non-hydrogen) atoms. The van der Waals surface area contributed by atoms with Gasteiger partial charge in [0.2, 0.25) is 17.6 Å². The minimum atomic E-state index is -0.456. The Labute approximate surface area is 168 Å². The first-order valence-corrected chi connectivity index (χ1v) is 9.03. The average molecular weight is 399 g/mol. The van der Waals surface area contributed by atoms with E-state index in [4.69, 9.17) is 14.0 Å². The summed E-state index contributed by atoms with van der Waals surface area (Å²) in [4.78, 5) is 18.2. The van der Waals surface area contributed by atoms with Gasteiger partial charge in [-0.25, -0.2) is 4.39 Å². The van der Waals surface area contributed by atoms with Crippen LogP contribution in [-0.2, 0) is 17.8 Å². The summed E-state index contributed by atoms with van der Waals surface area (Å²) in [5, 5.41) is 3.95. The Morgan fingerprint density at radius 3 is 2.55 bits per heavy atom. The van der Waals surface area contributed by atoms with Crippen molar-refractivity contribution in [2.24, 2.45) is 0 Å². The van der Waals surface area contributed by atoms with Crippen LogP contribution >= 0.6 is 0 Å². The molecule has 2 aromatic carbocycles. The number of carbonyl (C=O) groups is 1. The second kappa shape index (κ2) is 9.18. The highest BCUT2D eigenvalue weighted by atomic mass is 19.1. The number of aryl methyl sites for hydroxylation is 1. The number of amides is 1. The van der Waals surface area contributed by atoms with Crippen LogP contribution < -0.4 is 9.47 Å². The van der Waals surface area contributed by atoms with E-state index in [1.807, 2.05) is 24.3 Å². The SMILES string of the molecule is COc1ccc(-c2noc(CCC(=O)N(C)Cc3ccc(OC)c(F)c3)n2)cc1. The van der Waals surface area contributed by atoms with Crippen molar-refractivity contribution in [1.29, 1.82) is 0 Å². The molecular formula is C21H22FN3O4. The summed E-state index contributed by atoms with van der Waals surface area (Å²) < 4.78 is 29.1. The number of aromatic nitrogens is 2. The van der Waals surface area contributed by atoms with E-state index >= 15 is 0 Å². The lowest BCUT2D eigenvalue weighted by molar-refractivity contribution is -0.130. The Hall–Kier alpha value is -3.42. The molecule has 0 radical (unpaired) electrons. The lowest BCUT2D eigenvalue weighted by atomic mass is 10.2. The Morgan fingerprint density at radius 1 is 1.14 bits per heavy atom. The van der Waals surface area contributed by atoms with Crippen LogP contribution in [0.3, 0.4) is 0 Å². The van der Waals surface area contributed by atoms with E-state index in [1.165, 1.54) is 18.1 Å². The molecule has 0 aliphatic rings. The quantitative estimate of drug-likeness (QED) is 0.577. The maximum Gasteiger partial charge on any atom is 0.227 e. The van der Waals surface area contributed by atoms with Gasteiger partial charge < -0.3 is 18.9 Å². The molecule has 0 atom stereocenters. The van der Waals surface area contributed by atoms with Gasteiger partial charge >= 0.3 is 0 Å². The molecule has 7 nitrogen and oxygen atoms in total. The lowest BCUT2D eigenvalue weighted by Crippen LogP contribution is -2.26. The molecule has 0 aliphatic heterocycles. The second-order valence-corrected chi connectivity index (χ2v) is 6.46. The highest BCUT2D eigenvalue weighted by Crippen LogP contribution is 2.21. The van der Waals surface area contributed by atoms with Gasteiger partial charge in [0.15, 0.2) is 11.6 Å². The monoisotopic (exact) mass is 399 g/mol. The number of methoxy groups -OCH3 is 2. The van der Waals surface area contributed by atoms with Gasteiger partial charge in [-0.1, -0.05) is 11.2 Å². The van der Waals surface area contributed by atoms with Gasteiger partial charge in [0.25, 0.3) is 0 Å². The van der Waals surface area contributed by atoms with Gasteiger partial charge in [-0.3, -0.25) is 4.79 Å². The highest BCUT2D eigenvalue weighted by Gasteiger charge is 2.14. The zero-order chi connectivity index (χ0) is 20.8. The Balaban J connectivity index is 1.54. The van der Waals surface area contributed by atoms with Crippen molar-refractivity contribution in [1.82, 2.24) is 15.0 Å². The molecule has 3 aromatic rings. The van der Waals surface area contributed by atoms with E-state index < -0.39 is 5.82 Å². The summed E-state index contributed by atoms with van der Waals surface area (Å²) in [5.41, 5.74) is 1.48. The minimum absolute atomic E-state index is 0.106. The third-order valence-electron chi connectivity index (χ3n) is 4.43. The third kappa shape index (κ3) is 5.10. The van der Waals surface area contributed by atoms with Gasteiger partial charge in [0.1, 0.15) is 5.75 Å². The molecule has 1 amide bonds. The van der Waals surface area contributed by atoms with Crippen LogP contribution in [0, 0.1) is 5.82 Å². The molecule has 0 unspecified atom stereocenters. The maximum atomic E-state index is 13.8. The van der Waals surface area contributed by atoms with Crippen LogP contribution in [0.15, 0.2) is 47.0 Å². The number of rotatable bonds is 8. The fraction of sp³-hybridized carbons (Fsp3) is 0.286. The molecule has 0 saturated heterocycles. The van der Waals surface area contributed by atoms with Crippen LogP contribution in [0.2, 0.25) is 0 Å². The Morgan fingerprint density at radius 2 is 1.90 bits per heavy atom. The molecule has 0 N–H and O–H groups in total. The first-order valence-electron chi connectivity index (χ1n) is 9.03. The molecule has 152 valence electrons. The molecular weight excluding hydrogens is 377 g/mol. The molecule has 3 rings (SSSR count). The molecule has 0 aliphatic carbocycles. The van der Waals surface area contributed by atoms with Crippen LogP contribution in [0.25, 0.3) is 11.4 Å². The predicted molar refractivity (Wildman–Crippen MR) is 104 cm³/mol. The van der Waals surface area contributed by atoms with Crippen molar-refractivity contribution < 1.29 is 23.2 Å². The van der Waals surface area contributed by atoms with E-state index in [-0.39, 0.29) is 18.1 Å². The van der Waals surface area contributed by atoms with Gasteiger partial charge in [0, 0.05) is 32.0 Å². The highest BCUT2D eigenvalue weighted by molar-refractivity contribution is 5.76. The van der Waals surface area contributed by atoms with Crippen LogP contribution in [0.5, 0.6) is 11.5 Å². The van der Waals surface area contributed by atoms with E-state index in [2.05, 4.69) is 10.1 Å². The zero-order valence-electron chi connectivity index (χ0n) is 16.5. The van der Waals surface area contributed by atoms with Crippen molar-refractivity contribution in [2.45, 2.75) is 19.4 Å². The largest absolute Gasteiger partial charge is 0.497 e. The number of ether oxygens (including phenoxy) is 2. The number of nitrogens with zero attached hydrogens (tertiary/aromatic N) is 3. The van der Waals surface area contributed by atoms with Gasteiger partial charge in [0.05, 0.1) is 14.2 Å². The van der Waals surface area contributed by atoms with Crippen LogP contribution in [0.1, 0.15) is 17.9 Å². The predicted octanol–water partition coefficient (Wildman–Crippen LogP) is 3.48. The first kappa shape index (κ1) is 20.3. The Kier molecular flexibility index (Phi) is 6.43. The third-order valence-corrected chi connectivity index (χ3v) is 4.43. The summed E-state index contributed by atoms with van der Waals surface area (Å²) in [6.45, 7) is 0.292. The van der Waals surface area contributed by atoms with Crippen molar-refractivity contribution in [2.75, 3.05) is 21.3 Å². The molecule has 1 heterocycles. The molecule has 0 fully saturated rings. The zero-order valence-corrected chi connectivity index (χ0v) is 16.5. The van der Waals surface area contributed by atoms with E-state index in [0.29, 0.717) is 30.2 Å². The first-order chi connectivity index (χ1) is 14.0. The van der Waals surface area contributed by atoms with Crippen molar-refractivity contribution >= 4 is 5.91 Å². The number of hydrogen-bond donors (Lipinski definition) is 0. The fourth-order valence-corrected chi connectivity index (χ4v) is 2.79. The number of carbonyl (C=O) groups excluding carboxylic acids is 1. The molecule has 1 aromatic heterocycles. The van der Waals surface area contributed by atoms with E-state index in [0.717, 1.165) is 11.3 Å². The minimum Gasteiger partial charge on any atom is -0.497 e. The standard InChI is InChI=1S/C21H22FN3O4/c1-25(13-14-4-9-18(28-3)17(22)12-14)20(26)11-10-19-23-21(24-29-19)15-5-7-16(27-2)8-6-15/h4-9,12H,10-11,13H2,1-3H3. The topological polar surface area (TPSA) is 77.7 Å². The van der Waals surface area contributed by atoms with Gasteiger partial charge in [-0.05, 0) is 42.0 Å². The van der Waals surface area contributed by atoms with E-state index in [1.54, 1.807) is 26.3 Å². The van der Waals surface area contributed by atoms with Crippen LogP contribution in [-0.4, -0.2) is 42.2 Å². The van der Waals surface area contributed by atoms with Crippen molar-refractivity contribution in [3.63, 3.8) is 0 Å². The molecule has 8 heteroatoms. The summed E-state index contributed by atoms with van der Waals surface area (Å²) in [6.07, 6.45) is 0.530. The fourth-order valence-electron chi connectivity index (χ4n) is 2.79. The summed E-state index contributed by atoms with van der Waals surface area (Å²) in [6, 6.07) is 11.9. The number of benzene rings is 2. The normalized spacial score (nSPS) is 10.6. The molecule has 0 spiro atoms. The van der Waals surface area contributed by atoms with Crippen molar-refractivity contribution in [3.05, 3.63) is 59.7 Å². The van der Waals surface area contributed by atoms with Crippen LogP contribution in [0.4, 0.5) is 4.39 Å². The van der Waals surface area contributed by atoms with Gasteiger partial charge in [-0.15, -0.1) is 0 Å². The summed E-state index contributed by atoms with van der Waals surface area (Å²) >= 11 is 0. The number of halogens is 1. The number of hydrogen-bond acceptors (Lipinski definition) is 6. The lowest BCUT2D eigenvalue weighted by Gasteiger charge is -2.17. The molecule has 0 bridgehead atoms.